The first-order valence-corrected chi connectivity index (χ1v) is 16.5. The van der Waals surface area contributed by atoms with E-state index in [1.807, 2.05) is 135 Å². The highest BCUT2D eigenvalue weighted by Gasteiger charge is 2.40. The lowest BCUT2D eigenvalue weighted by molar-refractivity contribution is 0.0926. The summed E-state index contributed by atoms with van der Waals surface area (Å²) in [4.78, 5) is 44.1. The lowest BCUT2D eigenvalue weighted by Crippen LogP contribution is -2.30. The van der Waals surface area contributed by atoms with Crippen LogP contribution in [0.1, 0.15) is 32.4 Å². The molecule has 9 rings (SSSR count). The minimum atomic E-state index is -0.360. The zero-order valence-electron chi connectivity index (χ0n) is 27.3. The van der Waals surface area contributed by atoms with Crippen LogP contribution < -0.4 is 4.90 Å². The molecule has 2 aromatic heterocycles. The molecule has 0 unspecified atom stereocenters. The van der Waals surface area contributed by atoms with Gasteiger partial charge in [-0.2, -0.15) is 0 Å². The second-order valence-electron chi connectivity index (χ2n) is 12.4. The van der Waals surface area contributed by atoms with Crippen molar-refractivity contribution < 1.29 is 9.59 Å². The molecule has 7 nitrogen and oxygen atoms in total. The van der Waals surface area contributed by atoms with E-state index in [1.54, 1.807) is 6.07 Å². The zero-order chi connectivity index (χ0) is 33.9. The molecule has 0 aliphatic carbocycles. The third kappa shape index (κ3) is 4.63. The first kappa shape index (κ1) is 29.4. The van der Waals surface area contributed by atoms with E-state index in [0.717, 1.165) is 49.6 Å². The van der Waals surface area contributed by atoms with Crippen LogP contribution in [0, 0.1) is 13.8 Å². The van der Waals surface area contributed by atoms with Crippen LogP contribution in [0.25, 0.3) is 61.1 Å². The highest BCUT2D eigenvalue weighted by Crippen LogP contribution is 2.42. The minimum Gasteiger partial charge on any atom is -0.308 e. The molecule has 2 amide bonds. The molecule has 0 saturated carbocycles. The Morgan fingerprint density at radius 3 is 1.88 bits per heavy atom. The van der Waals surface area contributed by atoms with Crippen molar-refractivity contribution in [3.05, 3.63) is 162 Å². The molecule has 1 aliphatic heterocycles. The summed E-state index contributed by atoms with van der Waals surface area (Å²) in [5.41, 5.74) is 8.26. The molecule has 1 aliphatic rings. The fraction of sp³-hybridized carbons (Fsp3) is 0.0465. The van der Waals surface area contributed by atoms with Gasteiger partial charge in [0.25, 0.3) is 11.8 Å². The molecule has 6 aromatic carbocycles. The Balaban J connectivity index is 1.23. The first-order valence-electron chi connectivity index (χ1n) is 16.5. The number of nitrogens with zero attached hydrogens (tertiary/aromatic N) is 5. The fourth-order valence-corrected chi connectivity index (χ4v) is 7.18. The van der Waals surface area contributed by atoms with Crippen LogP contribution in [0.15, 0.2) is 140 Å². The Morgan fingerprint density at radius 2 is 1.12 bits per heavy atom. The number of anilines is 1. The van der Waals surface area contributed by atoms with Gasteiger partial charge in [-0.25, -0.2) is 19.9 Å². The quantitative estimate of drug-likeness (QED) is 0.174. The number of aryl methyl sites for hydroxylation is 2. The number of carbonyl (C=O) groups excluding carboxylic acids is 2. The highest BCUT2D eigenvalue weighted by atomic mass is 16.2. The van der Waals surface area contributed by atoms with Gasteiger partial charge in [0.2, 0.25) is 0 Å². The first-order chi connectivity index (χ1) is 24.5. The molecule has 238 valence electrons. The van der Waals surface area contributed by atoms with Gasteiger partial charge in [-0.15, -0.1) is 0 Å². The normalized spacial score (nSPS) is 12.6. The third-order valence-electron chi connectivity index (χ3n) is 9.35. The van der Waals surface area contributed by atoms with Crippen LogP contribution in [0.3, 0.4) is 0 Å². The monoisotopic (exact) mass is 647 g/mol. The van der Waals surface area contributed by atoms with E-state index < -0.39 is 0 Å². The summed E-state index contributed by atoms with van der Waals surface area (Å²) in [6, 6.07) is 45.6. The van der Waals surface area contributed by atoms with Crippen molar-refractivity contribution in [1.82, 2.24) is 19.5 Å². The minimum absolute atomic E-state index is 0.349. The van der Waals surface area contributed by atoms with Crippen molar-refractivity contribution in [2.75, 3.05) is 4.90 Å². The van der Waals surface area contributed by atoms with Crippen LogP contribution in [0.4, 0.5) is 5.69 Å². The standard InChI is InChI=1S/C43H29N5O2/c1-26-44-27(2)46-41(45-26)31-21-23-37-35(24-31)33-16-9-10-18-36(33)47(37)38-19-11-17-34-40(38)43(50)48(42(34)49)39-25-30(28-12-5-3-6-13-28)20-22-32(39)29-14-7-4-8-15-29/h3-25H,1-2H3. The molecule has 0 saturated heterocycles. The van der Waals surface area contributed by atoms with E-state index in [0.29, 0.717) is 40.0 Å². The summed E-state index contributed by atoms with van der Waals surface area (Å²) in [5, 5.41) is 2.00. The Kier molecular flexibility index (Phi) is 6.74. The van der Waals surface area contributed by atoms with Crippen LogP contribution in [-0.4, -0.2) is 31.3 Å². The number of para-hydroxylation sites is 1. The number of carbonyl (C=O) groups is 2. The Bertz CT molecular complexity index is 2640. The Morgan fingerprint density at radius 1 is 0.460 bits per heavy atom. The molecular weight excluding hydrogens is 619 g/mol. The number of fused-ring (bicyclic) bond motifs is 4. The van der Waals surface area contributed by atoms with Crippen LogP contribution in [0.5, 0.6) is 0 Å². The van der Waals surface area contributed by atoms with E-state index in [2.05, 4.69) is 31.7 Å². The van der Waals surface area contributed by atoms with E-state index >= 15 is 0 Å². The Labute approximate surface area is 288 Å². The molecule has 0 bridgehead atoms. The van der Waals surface area contributed by atoms with Crippen molar-refractivity contribution in [1.29, 1.82) is 0 Å². The number of aromatic nitrogens is 4. The van der Waals surface area contributed by atoms with Crippen molar-refractivity contribution in [3.63, 3.8) is 0 Å². The van der Waals surface area contributed by atoms with E-state index in [1.165, 1.54) is 4.90 Å². The number of imide groups is 1. The van der Waals surface area contributed by atoms with E-state index in [-0.39, 0.29) is 11.8 Å². The van der Waals surface area contributed by atoms with Gasteiger partial charge in [-0.05, 0) is 73.0 Å². The van der Waals surface area contributed by atoms with Gasteiger partial charge in [0.1, 0.15) is 11.6 Å². The summed E-state index contributed by atoms with van der Waals surface area (Å²) in [7, 11) is 0. The fourth-order valence-electron chi connectivity index (χ4n) is 7.18. The maximum absolute atomic E-state index is 14.8. The van der Waals surface area contributed by atoms with Gasteiger partial charge >= 0.3 is 0 Å². The lowest BCUT2D eigenvalue weighted by Gasteiger charge is -2.20. The van der Waals surface area contributed by atoms with Crippen LogP contribution in [0.2, 0.25) is 0 Å². The van der Waals surface area contributed by atoms with Gasteiger partial charge < -0.3 is 4.57 Å². The Hall–Kier alpha value is -6.73. The second kappa shape index (κ2) is 11.5. The molecule has 0 spiro atoms. The molecular formula is C43H29N5O2. The molecule has 0 atom stereocenters. The smallest absolute Gasteiger partial charge is 0.268 e. The second-order valence-corrected chi connectivity index (χ2v) is 12.4. The molecule has 7 heteroatoms. The molecule has 3 heterocycles. The molecule has 8 aromatic rings. The topological polar surface area (TPSA) is 81.0 Å². The van der Waals surface area contributed by atoms with E-state index in [9.17, 15) is 9.59 Å². The highest BCUT2D eigenvalue weighted by molar-refractivity contribution is 6.36. The lowest BCUT2D eigenvalue weighted by atomic mass is 9.97. The average Bonchev–Trinajstić information content (AvgIpc) is 3.61. The molecule has 0 fully saturated rings. The van der Waals surface area contributed by atoms with Gasteiger partial charge in [0, 0.05) is 21.9 Å². The van der Waals surface area contributed by atoms with Gasteiger partial charge in [-0.3, -0.25) is 9.59 Å². The maximum Gasteiger partial charge on any atom is 0.268 e. The zero-order valence-corrected chi connectivity index (χ0v) is 27.3. The van der Waals surface area contributed by atoms with E-state index in [4.69, 9.17) is 0 Å². The third-order valence-corrected chi connectivity index (χ3v) is 9.35. The number of amides is 2. The van der Waals surface area contributed by atoms with Crippen molar-refractivity contribution in [3.8, 4) is 39.3 Å². The number of benzene rings is 6. The maximum atomic E-state index is 14.8. The summed E-state index contributed by atoms with van der Waals surface area (Å²) in [5.74, 6) is 1.22. The summed E-state index contributed by atoms with van der Waals surface area (Å²) < 4.78 is 2.09. The number of hydrogen-bond donors (Lipinski definition) is 0. The van der Waals surface area contributed by atoms with Crippen molar-refractivity contribution in [2.24, 2.45) is 0 Å². The van der Waals surface area contributed by atoms with Crippen LogP contribution >= 0.6 is 0 Å². The largest absolute Gasteiger partial charge is 0.308 e. The average molecular weight is 648 g/mol. The predicted molar refractivity (Wildman–Crippen MR) is 198 cm³/mol. The van der Waals surface area contributed by atoms with Gasteiger partial charge in [0.15, 0.2) is 5.82 Å². The summed E-state index contributed by atoms with van der Waals surface area (Å²) >= 11 is 0. The van der Waals surface area contributed by atoms with Crippen molar-refractivity contribution >= 4 is 39.3 Å². The van der Waals surface area contributed by atoms with Crippen LogP contribution in [-0.2, 0) is 0 Å². The molecule has 0 N–H and O–H groups in total. The number of hydrogen-bond acceptors (Lipinski definition) is 5. The molecule has 50 heavy (non-hydrogen) atoms. The molecule has 0 radical (unpaired) electrons. The number of rotatable bonds is 5. The van der Waals surface area contributed by atoms with Crippen molar-refractivity contribution in [2.45, 2.75) is 13.8 Å². The summed E-state index contributed by atoms with van der Waals surface area (Å²) in [6.45, 7) is 3.72. The van der Waals surface area contributed by atoms with Gasteiger partial charge in [-0.1, -0.05) is 97.1 Å². The SMILES string of the molecule is Cc1nc(C)nc(-c2ccc3c(c2)c2ccccc2n3-c2cccc3c2C(=O)N(c2cc(-c4ccccc4)ccc2-c2ccccc2)C3=O)n1. The predicted octanol–water partition coefficient (Wildman–Crippen LogP) is 9.39. The summed E-state index contributed by atoms with van der Waals surface area (Å²) in [6.07, 6.45) is 0. The van der Waals surface area contributed by atoms with Gasteiger partial charge in [0.05, 0.1) is 33.5 Å².